The van der Waals surface area contributed by atoms with E-state index in [0.29, 0.717) is 11.8 Å². The van der Waals surface area contributed by atoms with Crippen molar-refractivity contribution in [1.29, 1.82) is 0 Å². The number of carbonyl (C=O) groups excluding carboxylic acids is 1. The van der Waals surface area contributed by atoms with E-state index in [1.165, 1.54) is 37.8 Å². The number of nitrogens with zero attached hydrogens (tertiary/aromatic N) is 6. The van der Waals surface area contributed by atoms with Gasteiger partial charge in [-0.3, -0.25) is 9.69 Å². The van der Waals surface area contributed by atoms with Crippen molar-refractivity contribution in [2.45, 2.75) is 56.7 Å². The first-order valence-electron chi connectivity index (χ1n) is 11.8. The van der Waals surface area contributed by atoms with Gasteiger partial charge in [-0.25, -0.2) is 4.68 Å². The van der Waals surface area contributed by atoms with Crippen molar-refractivity contribution in [2.24, 2.45) is 11.8 Å². The molecule has 6 rings (SSSR count). The molecule has 1 amide bonds. The SMILES string of the molecule is O=C(C(c1ccccc1)n1cnnn1)N1CCCC2=CC3CC(CN4CCCCC34)C21. The summed E-state index contributed by atoms with van der Waals surface area (Å²) in [6.07, 6.45) is 11.5. The number of aromatic nitrogens is 4. The van der Waals surface area contributed by atoms with Crippen LogP contribution in [-0.2, 0) is 4.79 Å². The molecule has 3 aliphatic heterocycles. The molecule has 1 aliphatic carbocycles. The van der Waals surface area contributed by atoms with Gasteiger partial charge in [-0.2, -0.15) is 0 Å². The molecule has 0 spiro atoms. The van der Waals surface area contributed by atoms with E-state index in [-0.39, 0.29) is 11.9 Å². The first kappa shape index (κ1) is 19.2. The van der Waals surface area contributed by atoms with Crippen molar-refractivity contribution in [2.75, 3.05) is 19.6 Å². The van der Waals surface area contributed by atoms with Crippen LogP contribution in [0.1, 0.15) is 50.1 Å². The first-order valence-corrected chi connectivity index (χ1v) is 11.8. The second-order valence-electron chi connectivity index (χ2n) is 9.64. The van der Waals surface area contributed by atoms with Crippen molar-refractivity contribution < 1.29 is 4.79 Å². The van der Waals surface area contributed by atoms with Gasteiger partial charge in [0.2, 0.25) is 0 Å². The number of carbonyl (C=O) groups is 1. The maximum Gasteiger partial charge on any atom is 0.252 e. The third kappa shape index (κ3) is 3.30. The van der Waals surface area contributed by atoms with Crippen molar-refractivity contribution in [1.82, 2.24) is 30.0 Å². The molecule has 162 valence electrons. The molecular weight excluding hydrogens is 388 g/mol. The van der Waals surface area contributed by atoms with Crippen molar-refractivity contribution >= 4 is 5.91 Å². The van der Waals surface area contributed by atoms with Gasteiger partial charge < -0.3 is 4.90 Å². The Morgan fingerprint density at radius 2 is 2.00 bits per heavy atom. The summed E-state index contributed by atoms with van der Waals surface area (Å²) in [6.45, 7) is 3.17. The van der Waals surface area contributed by atoms with Crippen LogP contribution in [0, 0.1) is 11.8 Å². The third-order valence-electron chi connectivity index (χ3n) is 7.92. The van der Waals surface area contributed by atoms with Crippen LogP contribution in [0.3, 0.4) is 0 Å². The van der Waals surface area contributed by atoms with Crippen LogP contribution in [-0.4, -0.2) is 67.6 Å². The number of rotatable bonds is 3. The van der Waals surface area contributed by atoms with Gasteiger partial charge in [-0.1, -0.05) is 48.4 Å². The summed E-state index contributed by atoms with van der Waals surface area (Å²) in [7, 11) is 0. The largest absolute Gasteiger partial charge is 0.333 e. The van der Waals surface area contributed by atoms with E-state index in [1.54, 1.807) is 11.0 Å². The van der Waals surface area contributed by atoms with E-state index in [1.807, 2.05) is 30.3 Å². The van der Waals surface area contributed by atoms with E-state index in [4.69, 9.17) is 0 Å². The van der Waals surface area contributed by atoms with Gasteiger partial charge in [-0.15, -0.1) is 5.10 Å². The summed E-state index contributed by atoms with van der Waals surface area (Å²) in [5.41, 5.74) is 2.44. The lowest BCUT2D eigenvalue weighted by molar-refractivity contribution is -0.139. The highest BCUT2D eigenvalue weighted by molar-refractivity contribution is 5.84. The van der Waals surface area contributed by atoms with Crippen LogP contribution in [0.4, 0.5) is 0 Å². The fourth-order valence-corrected chi connectivity index (χ4v) is 6.71. The number of hydrogen-bond acceptors (Lipinski definition) is 5. The second kappa shape index (κ2) is 7.86. The van der Waals surface area contributed by atoms with Gasteiger partial charge in [0.15, 0.2) is 6.04 Å². The monoisotopic (exact) mass is 418 g/mol. The molecule has 0 radical (unpaired) electrons. The van der Waals surface area contributed by atoms with Gasteiger partial charge in [0.1, 0.15) is 6.33 Å². The summed E-state index contributed by atoms with van der Waals surface area (Å²) >= 11 is 0. The topological polar surface area (TPSA) is 67.2 Å². The Bertz CT molecular complexity index is 958. The van der Waals surface area contributed by atoms with Gasteiger partial charge in [-0.05, 0) is 66.5 Å². The fourth-order valence-electron chi connectivity index (χ4n) is 6.71. The van der Waals surface area contributed by atoms with Crippen LogP contribution in [0.2, 0.25) is 0 Å². The summed E-state index contributed by atoms with van der Waals surface area (Å²) < 4.78 is 1.61. The van der Waals surface area contributed by atoms with Crippen LogP contribution >= 0.6 is 0 Å². The molecule has 31 heavy (non-hydrogen) atoms. The molecule has 3 saturated heterocycles. The molecule has 7 heteroatoms. The highest BCUT2D eigenvalue weighted by Gasteiger charge is 2.48. The van der Waals surface area contributed by atoms with E-state index < -0.39 is 6.04 Å². The Kier molecular flexibility index (Phi) is 4.86. The number of hydrogen-bond donors (Lipinski definition) is 0. The van der Waals surface area contributed by atoms with Gasteiger partial charge in [0.25, 0.3) is 5.91 Å². The Morgan fingerprint density at radius 1 is 1.10 bits per heavy atom. The minimum absolute atomic E-state index is 0.119. The molecule has 2 bridgehead atoms. The summed E-state index contributed by atoms with van der Waals surface area (Å²) in [5.74, 6) is 1.33. The molecule has 2 aromatic rings. The van der Waals surface area contributed by atoms with E-state index in [0.717, 1.165) is 37.5 Å². The number of likely N-dealkylation sites (tertiary alicyclic amines) is 1. The third-order valence-corrected chi connectivity index (χ3v) is 7.92. The van der Waals surface area contributed by atoms with Crippen molar-refractivity contribution in [3.63, 3.8) is 0 Å². The van der Waals surface area contributed by atoms with Gasteiger partial charge >= 0.3 is 0 Å². The predicted octanol–water partition coefficient (Wildman–Crippen LogP) is 2.68. The van der Waals surface area contributed by atoms with Crippen LogP contribution in [0.5, 0.6) is 0 Å². The number of benzene rings is 1. The van der Waals surface area contributed by atoms with Crippen molar-refractivity contribution in [3.8, 4) is 0 Å². The highest BCUT2D eigenvalue weighted by atomic mass is 16.2. The maximum atomic E-state index is 14.1. The Morgan fingerprint density at radius 3 is 2.84 bits per heavy atom. The molecule has 0 N–H and O–H groups in total. The summed E-state index contributed by atoms with van der Waals surface area (Å²) in [6, 6.07) is 10.4. The van der Waals surface area contributed by atoms with Crippen LogP contribution < -0.4 is 0 Å². The van der Waals surface area contributed by atoms with E-state index >= 15 is 0 Å². The number of fused-ring (bicyclic) bond motifs is 6. The van der Waals surface area contributed by atoms with Crippen LogP contribution in [0.15, 0.2) is 48.3 Å². The molecular formula is C24H30N6O. The van der Waals surface area contributed by atoms with E-state index in [9.17, 15) is 4.79 Å². The minimum atomic E-state index is -0.514. The fraction of sp³-hybridized carbons (Fsp3) is 0.583. The average molecular weight is 419 g/mol. The Labute approximate surface area is 183 Å². The van der Waals surface area contributed by atoms with Gasteiger partial charge in [0.05, 0.1) is 6.04 Å². The molecule has 0 saturated carbocycles. The van der Waals surface area contributed by atoms with E-state index in [2.05, 4.69) is 31.4 Å². The number of piperidine rings is 3. The lowest BCUT2D eigenvalue weighted by Crippen LogP contribution is -2.60. The average Bonchev–Trinajstić information content (AvgIpc) is 3.34. The van der Waals surface area contributed by atoms with Gasteiger partial charge in [0, 0.05) is 19.1 Å². The molecule has 1 aromatic carbocycles. The van der Waals surface area contributed by atoms with Crippen LogP contribution in [0.25, 0.3) is 0 Å². The quantitative estimate of drug-likeness (QED) is 0.717. The predicted molar refractivity (Wildman–Crippen MR) is 116 cm³/mol. The second-order valence-corrected chi connectivity index (χ2v) is 9.64. The number of tetrazole rings is 1. The smallest absolute Gasteiger partial charge is 0.252 e. The molecule has 4 heterocycles. The Hall–Kier alpha value is -2.54. The maximum absolute atomic E-state index is 14.1. The molecule has 4 aliphatic rings. The zero-order valence-electron chi connectivity index (χ0n) is 17.9. The normalized spacial score (nSPS) is 31.4. The highest BCUT2D eigenvalue weighted by Crippen LogP contribution is 2.45. The lowest BCUT2D eigenvalue weighted by Gasteiger charge is -2.55. The number of amides is 1. The molecule has 5 atom stereocenters. The summed E-state index contributed by atoms with van der Waals surface area (Å²) in [4.78, 5) is 19.0. The first-order chi connectivity index (χ1) is 15.3. The molecule has 1 aromatic heterocycles. The lowest BCUT2D eigenvalue weighted by atomic mass is 9.68. The minimum Gasteiger partial charge on any atom is -0.333 e. The zero-order valence-corrected chi connectivity index (χ0v) is 17.9. The molecule has 3 fully saturated rings. The Balaban J connectivity index is 1.35. The molecule has 7 nitrogen and oxygen atoms in total. The zero-order chi connectivity index (χ0) is 20.8. The standard InChI is InChI=1S/C24H30N6O/c31-24(23(30-16-25-26-27-30)17-7-2-1-3-8-17)29-12-6-9-18-13-19-14-20(22(18)29)15-28-11-5-4-10-21(19)28/h1-3,7-8,13,16,19-23H,4-6,9-12,14-15H2. The van der Waals surface area contributed by atoms with Crippen molar-refractivity contribution in [3.05, 3.63) is 53.9 Å². The summed E-state index contributed by atoms with van der Waals surface area (Å²) in [5, 5.41) is 11.7. The molecule has 5 unspecified atom stereocenters.